The molecule has 0 bridgehead atoms. The molecule has 2 aromatic rings. The molecule has 0 spiro atoms. The second kappa shape index (κ2) is 9.59. The van der Waals surface area contributed by atoms with E-state index in [-0.39, 0.29) is 24.4 Å². The lowest BCUT2D eigenvalue weighted by atomic mass is 9.84. The fourth-order valence-corrected chi connectivity index (χ4v) is 3.54. The van der Waals surface area contributed by atoms with Crippen LogP contribution < -0.4 is 11.1 Å². The van der Waals surface area contributed by atoms with Crippen LogP contribution >= 0.6 is 12.4 Å². The van der Waals surface area contributed by atoms with E-state index in [9.17, 15) is 4.79 Å². The van der Waals surface area contributed by atoms with Gasteiger partial charge in [0.05, 0.1) is 12.1 Å². The van der Waals surface area contributed by atoms with Gasteiger partial charge in [-0.3, -0.25) is 4.79 Å². The molecule has 5 nitrogen and oxygen atoms in total. The lowest BCUT2D eigenvalue weighted by Crippen LogP contribution is -2.46. The molecule has 1 aliphatic rings. The molecule has 6 heteroatoms. The van der Waals surface area contributed by atoms with Crippen molar-refractivity contribution in [3.63, 3.8) is 0 Å². The summed E-state index contributed by atoms with van der Waals surface area (Å²) in [6.45, 7) is 0.522. The number of nitrogens with zero attached hydrogens (tertiary/aromatic N) is 2. The van der Waals surface area contributed by atoms with Gasteiger partial charge in [-0.2, -0.15) is 5.10 Å². The Hall–Kier alpha value is -1.85. The van der Waals surface area contributed by atoms with Crippen molar-refractivity contribution in [1.82, 2.24) is 15.1 Å². The van der Waals surface area contributed by atoms with E-state index in [1.165, 1.54) is 32.1 Å². The van der Waals surface area contributed by atoms with Gasteiger partial charge in [0.15, 0.2) is 0 Å². The van der Waals surface area contributed by atoms with Gasteiger partial charge >= 0.3 is 0 Å². The predicted molar refractivity (Wildman–Crippen MR) is 102 cm³/mol. The van der Waals surface area contributed by atoms with Crippen molar-refractivity contribution in [2.75, 3.05) is 6.54 Å². The van der Waals surface area contributed by atoms with E-state index in [0.717, 1.165) is 11.3 Å². The first kappa shape index (κ1) is 19.5. The van der Waals surface area contributed by atoms with Crippen molar-refractivity contribution < 1.29 is 4.79 Å². The van der Waals surface area contributed by atoms with Crippen LogP contribution in [-0.4, -0.2) is 28.3 Å². The molecule has 1 amide bonds. The maximum Gasteiger partial charge on any atom is 0.224 e. The highest BCUT2D eigenvalue weighted by Crippen LogP contribution is 2.26. The van der Waals surface area contributed by atoms with Crippen molar-refractivity contribution in [1.29, 1.82) is 0 Å². The first-order chi connectivity index (χ1) is 11.8. The molecule has 0 radical (unpaired) electrons. The average Bonchev–Trinajstić information content (AvgIpc) is 3.16. The molecule has 1 unspecified atom stereocenters. The summed E-state index contributed by atoms with van der Waals surface area (Å²) in [6, 6.07) is 9.93. The smallest absolute Gasteiger partial charge is 0.224 e. The number of nitrogens with one attached hydrogen (secondary N) is 1. The van der Waals surface area contributed by atoms with Gasteiger partial charge < -0.3 is 11.1 Å². The Kier molecular flexibility index (Phi) is 7.47. The number of carbonyl (C=O) groups is 1. The first-order valence-corrected chi connectivity index (χ1v) is 8.84. The molecule has 25 heavy (non-hydrogen) atoms. The van der Waals surface area contributed by atoms with Gasteiger partial charge in [0, 0.05) is 25.0 Å². The van der Waals surface area contributed by atoms with Crippen LogP contribution in [0.2, 0.25) is 0 Å². The highest BCUT2D eigenvalue weighted by molar-refractivity contribution is 5.85. The lowest BCUT2D eigenvalue weighted by Gasteiger charge is -2.30. The van der Waals surface area contributed by atoms with Crippen LogP contribution in [0.15, 0.2) is 42.7 Å². The third kappa shape index (κ3) is 5.31. The van der Waals surface area contributed by atoms with Crippen molar-refractivity contribution in [3.05, 3.63) is 48.3 Å². The number of benzene rings is 1. The zero-order chi connectivity index (χ0) is 16.8. The first-order valence-electron chi connectivity index (χ1n) is 8.84. The molecule has 1 aromatic heterocycles. The molecule has 1 atom stereocenters. The Morgan fingerprint density at radius 3 is 2.56 bits per heavy atom. The minimum Gasteiger partial charge on any atom is -0.352 e. The Morgan fingerprint density at radius 2 is 1.96 bits per heavy atom. The summed E-state index contributed by atoms with van der Waals surface area (Å²) in [6.07, 6.45) is 10.2. The van der Waals surface area contributed by atoms with Gasteiger partial charge in [0.25, 0.3) is 0 Å². The quantitative estimate of drug-likeness (QED) is 0.829. The van der Waals surface area contributed by atoms with E-state index < -0.39 is 0 Å². The molecule has 1 heterocycles. The number of halogens is 1. The Morgan fingerprint density at radius 1 is 1.24 bits per heavy atom. The summed E-state index contributed by atoms with van der Waals surface area (Å²) in [5.41, 5.74) is 7.89. The number of rotatable bonds is 6. The van der Waals surface area contributed by atoms with Gasteiger partial charge in [-0.1, -0.05) is 31.4 Å². The van der Waals surface area contributed by atoms with Crippen molar-refractivity contribution in [2.24, 2.45) is 11.7 Å². The minimum atomic E-state index is 0. The van der Waals surface area contributed by atoms with Crippen molar-refractivity contribution in [3.8, 4) is 5.69 Å². The topological polar surface area (TPSA) is 72.9 Å². The van der Waals surface area contributed by atoms with Gasteiger partial charge in [-0.25, -0.2) is 4.68 Å². The summed E-state index contributed by atoms with van der Waals surface area (Å²) < 4.78 is 1.80. The fourth-order valence-electron chi connectivity index (χ4n) is 3.54. The van der Waals surface area contributed by atoms with Gasteiger partial charge in [0.2, 0.25) is 5.91 Å². The van der Waals surface area contributed by atoms with E-state index in [1.54, 1.807) is 10.9 Å². The lowest BCUT2D eigenvalue weighted by molar-refractivity contribution is -0.121. The van der Waals surface area contributed by atoms with Crippen molar-refractivity contribution >= 4 is 18.3 Å². The minimum absolute atomic E-state index is 0. The van der Waals surface area contributed by atoms with Crippen LogP contribution in [-0.2, 0) is 11.2 Å². The maximum absolute atomic E-state index is 12.4. The zero-order valence-corrected chi connectivity index (χ0v) is 15.3. The molecular formula is C19H27ClN4O. The van der Waals surface area contributed by atoms with E-state index in [2.05, 4.69) is 10.4 Å². The Bertz CT molecular complexity index is 636. The van der Waals surface area contributed by atoms with E-state index in [4.69, 9.17) is 5.73 Å². The van der Waals surface area contributed by atoms with Crippen LogP contribution in [0.1, 0.15) is 37.7 Å². The molecule has 1 aromatic carbocycles. The highest BCUT2D eigenvalue weighted by Gasteiger charge is 2.23. The number of amides is 1. The monoisotopic (exact) mass is 362 g/mol. The molecule has 0 aliphatic heterocycles. The molecular weight excluding hydrogens is 336 g/mol. The summed E-state index contributed by atoms with van der Waals surface area (Å²) >= 11 is 0. The normalized spacial score (nSPS) is 16.0. The number of nitrogens with two attached hydrogens (primary N) is 1. The van der Waals surface area contributed by atoms with Gasteiger partial charge in [-0.05, 0) is 42.5 Å². The van der Waals surface area contributed by atoms with Crippen LogP contribution in [0.25, 0.3) is 5.69 Å². The molecule has 3 rings (SSSR count). The largest absolute Gasteiger partial charge is 0.352 e. The molecule has 0 saturated heterocycles. The second-order valence-electron chi connectivity index (χ2n) is 6.60. The highest BCUT2D eigenvalue weighted by atomic mass is 35.5. The maximum atomic E-state index is 12.4. The van der Waals surface area contributed by atoms with E-state index >= 15 is 0 Å². The van der Waals surface area contributed by atoms with Gasteiger partial charge in [0.1, 0.15) is 0 Å². The summed E-state index contributed by atoms with van der Waals surface area (Å²) in [4.78, 5) is 12.4. The summed E-state index contributed by atoms with van der Waals surface area (Å²) in [5.74, 6) is 0.595. The number of aromatic nitrogens is 2. The number of carbonyl (C=O) groups excluding carboxylic acids is 1. The molecule has 1 fully saturated rings. The van der Waals surface area contributed by atoms with Crippen LogP contribution in [0.3, 0.4) is 0 Å². The summed E-state index contributed by atoms with van der Waals surface area (Å²) in [5, 5.41) is 7.35. The fraction of sp³-hybridized carbons (Fsp3) is 0.474. The van der Waals surface area contributed by atoms with E-state index in [0.29, 0.717) is 18.9 Å². The summed E-state index contributed by atoms with van der Waals surface area (Å²) in [7, 11) is 0. The van der Waals surface area contributed by atoms with Crippen molar-refractivity contribution in [2.45, 2.75) is 44.6 Å². The van der Waals surface area contributed by atoms with E-state index in [1.807, 2.05) is 36.5 Å². The number of hydrogen-bond acceptors (Lipinski definition) is 3. The Balaban J connectivity index is 0.00000225. The molecule has 1 aliphatic carbocycles. The standard InChI is InChI=1S/C19H26N4O.ClH/c20-14-18(16-5-2-1-3-6-16)22-19(24)13-15-7-9-17(10-8-15)23-12-4-11-21-23;/h4,7-12,16,18H,1-3,5-6,13-14,20H2,(H,22,24);1H. The van der Waals surface area contributed by atoms with Crippen LogP contribution in [0, 0.1) is 5.92 Å². The molecule has 3 N–H and O–H groups in total. The van der Waals surface area contributed by atoms with Gasteiger partial charge in [-0.15, -0.1) is 12.4 Å². The third-order valence-corrected chi connectivity index (χ3v) is 4.89. The Labute approximate surface area is 155 Å². The third-order valence-electron chi connectivity index (χ3n) is 4.89. The average molecular weight is 363 g/mol. The number of hydrogen-bond donors (Lipinski definition) is 2. The van der Waals surface area contributed by atoms with Crippen LogP contribution in [0.4, 0.5) is 0 Å². The SMILES string of the molecule is Cl.NCC(NC(=O)Cc1ccc(-n2cccn2)cc1)C1CCCCC1. The second-order valence-corrected chi connectivity index (χ2v) is 6.60. The predicted octanol–water partition coefficient (Wildman–Crippen LogP) is 2.86. The molecule has 1 saturated carbocycles. The molecule has 136 valence electrons. The zero-order valence-electron chi connectivity index (χ0n) is 14.4. The van der Waals surface area contributed by atoms with Crippen LogP contribution in [0.5, 0.6) is 0 Å².